The highest BCUT2D eigenvalue weighted by Crippen LogP contribution is 2.19. The number of para-hydroxylation sites is 1. The van der Waals surface area contributed by atoms with E-state index in [0.717, 1.165) is 34.4 Å². The maximum Gasteiger partial charge on any atom is 0.124 e. The molecular formula is C17H20BrNO2. The molecule has 0 aromatic heterocycles. The molecule has 112 valence electrons. The van der Waals surface area contributed by atoms with Gasteiger partial charge in [-0.1, -0.05) is 46.3 Å². The fraction of sp³-hybridized carbons (Fsp3) is 0.294. The zero-order chi connectivity index (χ0) is 14.9. The van der Waals surface area contributed by atoms with Crippen molar-refractivity contribution in [1.82, 2.24) is 5.32 Å². The van der Waals surface area contributed by atoms with E-state index in [1.54, 1.807) is 7.11 Å². The quantitative estimate of drug-likeness (QED) is 0.736. The van der Waals surface area contributed by atoms with Crippen molar-refractivity contribution in [3.63, 3.8) is 0 Å². The second-order valence-corrected chi connectivity index (χ2v) is 5.61. The molecule has 2 aromatic rings. The van der Waals surface area contributed by atoms with Crippen molar-refractivity contribution in [1.29, 1.82) is 0 Å². The molecule has 0 spiro atoms. The molecule has 0 radical (unpaired) electrons. The third-order valence-electron chi connectivity index (χ3n) is 3.08. The molecule has 0 saturated carbocycles. The zero-order valence-corrected chi connectivity index (χ0v) is 13.7. The molecule has 0 aliphatic rings. The molecule has 0 bridgehead atoms. The van der Waals surface area contributed by atoms with Crippen molar-refractivity contribution in [3.8, 4) is 5.75 Å². The van der Waals surface area contributed by atoms with Crippen LogP contribution in [-0.2, 0) is 17.9 Å². The Balaban J connectivity index is 1.91. The van der Waals surface area contributed by atoms with E-state index in [2.05, 4.69) is 39.4 Å². The first-order valence-corrected chi connectivity index (χ1v) is 7.73. The Morgan fingerprint density at radius 1 is 1.05 bits per heavy atom. The molecule has 21 heavy (non-hydrogen) atoms. The van der Waals surface area contributed by atoms with Crippen molar-refractivity contribution >= 4 is 15.9 Å². The molecule has 0 amide bonds. The van der Waals surface area contributed by atoms with Crippen molar-refractivity contribution < 1.29 is 9.47 Å². The summed E-state index contributed by atoms with van der Waals surface area (Å²) in [6.07, 6.45) is 0. The second-order valence-electron chi connectivity index (χ2n) is 4.69. The lowest BCUT2D eigenvalue weighted by molar-refractivity contribution is 0.199. The van der Waals surface area contributed by atoms with Gasteiger partial charge in [-0.15, -0.1) is 0 Å². The van der Waals surface area contributed by atoms with Gasteiger partial charge in [0, 0.05) is 30.2 Å². The van der Waals surface area contributed by atoms with Crippen molar-refractivity contribution in [2.75, 3.05) is 20.3 Å². The number of rotatable bonds is 8. The lowest BCUT2D eigenvalue weighted by Gasteiger charge is -2.12. The summed E-state index contributed by atoms with van der Waals surface area (Å²) >= 11 is 3.43. The average molecular weight is 350 g/mol. The number of benzene rings is 2. The van der Waals surface area contributed by atoms with Crippen LogP contribution < -0.4 is 10.1 Å². The van der Waals surface area contributed by atoms with Crippen molar-refractivity contribution in [2.24, 2.45) is 0 Å². The van der Waals surface area contributed by atoms with Gasteiger partial charge in [-0.25, -0.2) is 0 Å². The van der Waals surface area contributed by atoms with E-state index < -0.39 is 0 Å². The third-order valence-corrected chi connectivity index (χ3v) is 3.61. The number of nitrogens with one attached hydrogen (secondary N) is 1. The van der Waals surface area contributed by atoms with Gasteiger partial charge in [0.15, 0.2) is 0 Å². The smallest absolute Gasteiger partial charge is 0.124 e. The van der Waals surface area contributed by atoms with E-state index in [1.807, 2.05) is 30.3 Å². The van der Waals surface area contributed by atoms with Gasteiger partial charge in [-0.3, -0.25) is 0 Å². The van der Waals surface area contributed by atoms with Crippen LogP contribution in [0.3, 0.4) is 0 Å². The van der Waals surface area contributed by atoms with E-state index in [0.29, 0.717) is 13.2 Å². The number of ether oxygens (including phenoxy) is 2. The molecule has 4 heteroatoms. The summed E-state index contributed by atoms with van der Waals surface area (Å²) in [7, 11) is 1.71. The highest BCUT2D eigenvalue weighted by atomic mass is 79.9. The summed E-state index contributed by atoms with van der Waals surface area (Å²) in [6, 6.07) is 16.3. The van der Waals surface area contributed by atoms with Crippen LogP contribution in [-0.4, -0.2) is 20.3 Å². The summed E-state index contributed by atoms with van der Waals surface area (Å²) < 4.78 is 12.0. The Kier molecular flexibility index (Phi) is 6.73. The van der Waals surface area contributed by atoms with Crippen LogP contribution in [0.4, 0.5) is 0 Å². The van der Waals surface area contributed by atoms with Crippen LogP contribution >= 0.6 is 15.9 Å². The number of methoxy groups -OCH3 is 1. The fourth-order valence-corrected chi connectivity index (χ4v) is 2.19. The largest absolute Gasteiger partial charge is 0.489 e. The van der Waals surface area contributed by atoms with Gasteiger partial charge in [0.1, 0.15) is 12.4 Å². The zero-order valence-electron chi connectivity index (χ0n) is 12.1. The normalized spacial score (nSPS) is 10.6. The highest BCUT2D eigenvalue weighted by Gasteiger charge is 2.03. The second kappa shape index (κ2) is 8.82. The van der Waals surface area contributed by atoms with E-state index in [9.17, 15) is 0 Å². The molecule has 0 unspecified atom stereocenters. The summed E-state index contributed by atoms with van der Waals surface area (Å²) in [5, 5.41) is 3.34. The summed E-state index contributed by atoms with van der Waals surface area (Å²) in [5.41, 5.74) is 2.31. The number of hydrogen-bond acceptors (Lipinski definition) is 3. The first-order chi connectivity index (χ1) is 10.3. The minimum atomic E-state index is 0.572. The Hall–Kier alpha value is -1.36. The maximum absolute atomic E-state index is 5.93. The molecule has 1 N–H and O–H groups in total. The molecule has 0 saturated heterocycles. The minimum absolute atomic E-state index is 0.572. The Bertz CT molecular complexity index is 543. The lowest BCUT2D eigenvalue weighted by atomic mass is 10.2. The first kappa shape index (κ1) is 16.0. The van der Waals surface area contributed by atoms with E-state index in [4.69, 9.17) is 9.47 Å². The highest BCUT2D eigenvalue weighted by molar-refractivity contribution is 9.10. The molecule has 2 aromatic carbocycles. The molecule has 0 heterocycles. The molecule has 0 atom stereocenters. The monoisotopic (exact) mass is 349 g/mol. The number of hydrogen-bond donors (Lipinski definition) is 1. The van der Waals surface area contributed by atoms with Gasteiger partial charge >= 0.3 is 0 Å². The van der Waals surface area contributed by atoms with Crippen molar-refractivity contribution in [2.45, 2.75) is 13.2 Å². The van der Waals surface area contributed by atoms with E-state index in [1.165, 1.54) is 0 Å². The van der Waals surface area contributed by atoms with Gasteiger partial charge in [-0.05, 0) is 23.8 Å². The SMILES string of the molecule is COCCNCc1ccccc1OCc1ccc(Br)cc1. The third kappa shape index (κ3) is 5.50. The molecule has 0 fully saturated rings. The van der Waals surface area contributed by atoms with Crippen LogP contribution in [0.1, 0.15) is 11.1 Å². The summed E-state index contributed by atoms with van der Waals surface area (Å²) in [4.78, 5) is 0. The van der Waals surface area contributed by atoms with Gasteiger partial charge in [0.25, 0.3) is 0 Å². The molecule has 0 aliphatic carbocycles. The predicted molar refractivity (Wildman–Crippen MR) is 88.5 cm³/mol. The Labute approximate surface area is 134 Å². The molecule has 0 aliphatic heterocycles. The summed E-state index contributed by atoms with van der Waals surface area (Å²) in [6.45, 7) is 2.89. The Morgan fingerprint density at radius 3 is 2.57 bits per heavy atom. The molecule has 3 nitrogen and oxygen atoms in total. The van der Waals surface area contributed by atoms with Crippen LogP contribution in [0.5, 0.6) is 5.75 Å². The van der Waals surface area contributed by atoms with Crippen molar-refractivity contribution in [3.05, 3.63) is 64.1 Å². The van der Waals surface area contributed by atoms with E-state index in [-0.39, 0.29) is 0 Å². The topological polar surface area (TPSA) is 30.5 Å². The minimum Gasteiger partial charge on any atom is -0.489 e. The molecule has 2 rings (SSSR count). The van der Waals surface area contributed by atoms with Gasteiger partial charge < -0.3 is 14.8 Å². The summed E-state index contributed by atoms with van der Waals surface area (Å²) in [5.74, 6) is 0.922. The standard InChI is InChI=1S/C17H20BrNO2/c1-20-11-10-19-12-15-4-2-3-5-17(15)21-13-14-6-8-16(18)9-7-14/h2-9,19H,10-13H2,1H3. The van der Waals surface area contributed by atoms with E-state index >= 15 is 0 Å². The van der Waals surface area contributed by atoms with Gasteiger partial charge in [0.2, 0.25) is 0 Å². The lowest BCUT2D eigenvalue weighted by Crippen LogP contribution is -2.19. The first-order valence-electron chi connectivity index (χ1n) is 6.94. The number of halogens is 1. The van der Waals surface area contributed by atoms with Crippen LogP contribution in [0, 0.1) is 0 Å². The van der Waals surface area contributed by atoms with Gasteiger partial charge in [-0.2, -0.15) is 0 Å². The predicted octanol–water partition coefficient (Wildman–Crippen LogP) is 3.76. The average Bonchev–Trinajstić information content (AvgIpc) is 2.52. The Morgan fingerprint density at radius 2 is 1.81 bits per heavy atom. The fourth-order valence-electron chi connectivity index (χ4n) is 1.93. The van der Waals surface area contributed by atoms with Crippen LogP contribution in [0.25, 0.3) is 0 Å². The maximum atomic E-state index is 5.93. The van der Waals surface area contributed by atoms with Crippen LogP contribution in [0.2, 0.25) is 0 Å². The van der Waals surface area contributed by atoms with Gasteiger partial charge in [0.05, 0.1) is 6.61 Å². The van der Waals surface area contributed by atoms with Crippen LogP contribution in [0.15, 0.2) is 53.0 Å². The molecular weight excluding hydrogens is 330 g/mol.